The number of anilines is 1. The minimum absolute atomic E-state index is 0.543. The fourth-order valence-corrected chi connectivity index (χ4v) is 2.29. The first-order chi connectivity index (χ1) is 8.65. The van der Waals surface area contributed by atoms with Gasteiger partial charge >= 0.3 is 0 Å². The monoisotopic (exact) mass is 244 g/mol. The van der Waals surface area contributed by atoms with Crippen LogP contribution in [0.2, 0.25) is 0 Å². The molecule has 1 heterocycles. The van der Waals surface area contributed by atoms with Gasteiger partial charge in [0.2, 0.25) is 0 Å². The van der Waals surface area contributed by atoms with E-state index in [0.29, 0.717) is 6.61 Å². The van der Waals surface area contributed by atoms with E-state index < -0.39 is 0 Å². The first-order valence-electron chi connectivity index (χ1n) is 6.29. The van der Waals surface area contributed by atoms with Crippen molar-refractivity contribution in [2.24, 2.45) is 0 Å². The van der Waals surface area contributed by atoms with Gasteiger partial charge in [0.1, 0.15) is 0 Å². The first-order valence-corrected chi connectivity index (χ1v) is 6.29. The molecule has 1 N–H and O–H groups in total. The molecule has 0 fully saturated rings. The summed E-state index contributed by atoms with van der Waals surface area (Å²) in [5.41, 5.74) is 5.64. The maximum Gasteiger partial charge on any atom is 0.0885 e. The number of rotatable bonds is 4. The molecular weight excluding hydrogens is 224 g/mol. The molecule has 18 heavy (non-hydrogen) atoms. The van der Waals surface area contributed by atoms with Crippen molar-refractivity contribution >= 4 is 16.6 Å². The van der Waals surface area contributed by atoms with E-state index in [1.54, 1.807) is 7.11 Å². The van der Waals surface area contributed by atoms with Crippen molar-refractivity contribution in [2.75, 3.05) is 19.0 Å². The van der Waals surface area contributed by atoms with Gasteiger partial charge in [0.25, 0.3) is 0 Å². The number of pyridine rings is 1. The van der Waals surface area contributed by atoms with E-state index in [0.717, 1.165) is 23.4 Å². The van der Waals surface area contributed by atoms with E-state index in [9.17, 15) is 0 Å². The summed E-state index contributed by atoms with van der Waals surface area (Å²) in [5, 5.41) is 4.60. The highest BCUT2D eigenvalue weighted by atomic mass is 16.5. The van der Waals surface area contributed by atoms with Gasteiger partial charge in [-0.3, -0.25) is 0 Å². The number of ether oxygens (including phenoxy) is 1. The highest BCUT2D eigenvalue weighted by Crippen LogP contribution is 2.27. The Balaban J connectivity index is 2.68. The molecule has 2 rings (SSSR count). The molecule has 0 aliphatic rings. The quantitative estimate of drug-likeness (QED) is 0.894. The summed E-state index contributed by atoms with van der Waals surface area (Å²) in [6, 6.07) is 6.43. The van der Waals surface area contributed by atoms with Gasteiger partial charge in [0, 0.05) is 24.7 Å². The molecule has 3 nitrogen and oxygen atoms in total. The zero-order chi connectivity index (χ0) is 13.1. The standard InChI is InChI=1S/C15H20N2O/c1-5-16-14-8-12(9-18-4)17-15-11(3)6-10(2)7-13(14)15/h6-8H,5,9H2,1-4H3,(H,16,17). The minimum atomic E-state index is 0.543. The Hall–Kier alpha value is -1.61. The van der Waals surface area contributed by atoms with Crippen LogP contribution < -0.4 is 5.32 Å². The topological polar surface area (TPSA) is 34.1 Å². The number of nitrogens with zero attached hydrogens (tertiary/aromatic N) is 1. The summed E-state index contributed by atoms with van der Waals surface area (Å²) in [6.45, 7) is 7.77. The van der Waals surface area contributed by atoms with Gasteiger partial charge in [-0.2, -0.15) is 0 Å². The Morgan fingerprint density at radius 2 is 2.00 bits per heavy atom. The van der Waals surface area contributed by atoms with E-state index in [-0.39, 0.29) is 0 Å². The summed E-state index contributed by atoms with van der Waals surface area (Å²) < 4.78 is 5.18. The van der Waals surface area contributed by atoms with Crippen LogP contribution in [0.3, 0.4) is 0 Å². The van der Waals surface area contributed by atoms with Gasteiger partial charge in [-0.1, -0.05) is 11.6 Å². The highest BCUT2D eigenvalue weighted by Gasteiger charge is 2.08. The lowest BCUT2D eigenvalue weighted by molar-refractivity contribution is 0.182. The highest BCUT2D eigenvalue weighted by molar-refractivity contribution is 5.93. The number of fused-ring (bicyclic) bond motifs is 1. The second-order valence-corrected chi connectivity index (χ2v) is 4.60. The van der Waals surface area contributed by atoms with E-state index in [1.807, 2.05) is 0 Å². The van der Waals surface area contributed by atoms with Gasteiger partial charge in [0.15, 0.2) is 0 Å². The second-order valence-electron chi connectivity index (χ2n) is 4.60. The minimum Gasteiger partial charge on any atom is -0.385 e. The van der Waals surface area contributed by atoms with Gasteiger partial charge < -0.3 is 10.1 Å². The van der Waals surface area contributed by atoms with Crippen LogP contribution in [0.4, 0.5) is 5.69 Å². The van der Waals surface area contributed by atoms with Crippen molar-refractivity contribution in [1.29, 1.82) is 0 Å². The molecule has 3 heteroatoms. The van der Waals surface area contributed by atoms with Crippen molar-refractivity contribution in [3.63, 3.8) is 0 Å². The number of methoxy groups -OCH3 is 1. The number of hydrogen-bond donors (Lipinski definition) is 1. The van der Waals surface area contributed by atoms with Crippen LogP contribution in [-0.2, 0) is 11.3 Å². The summed E-state index contributed by atoms with van der Waals surface area (Å²) in [7, 11) is 1.70. The predicted molar refractivity (Wildman–Crippen MR) is 76.1 cm³/mol. The zero-order valence-corrected chi connectivity index (χ0v) is 11.5. The maximum atomic E-state index is 5.18. The Labute approximate surface area is 108 Å². The third-order valence-corrected chi connectivity index (χ3v) is 2.96. The van der Waals surface area contributed by atoms with Gasteiger partial charge in [-0.25, -0.2) is 4.98 Å². The molecule has 1 aromatic carbocycles. The zero-order valence-electron chi connectivity index (χ0n) is 11.5. The molecule has 0 saturated heterocycles. The molecular formula is C15H20N2O. The summed E-state index contributed by atoms with van der Waals surface area (Å²) in [4.78, 5) is 4.68. The number of benzene rings is 1. The molecule has 0 unspecified atom stereocenters. The Bertz CT molecular complexity index is 564. The maximum absolute atomic E-state index is 5.18. The van der Waals surface area contributed by atoms with E-state index in [2.05, 4.69) is 49.3 Å². The van der Waals surface area contributed by atoms with Gasteiger partial charge in [-0.05, 0) is 38.5 Å². The molecule has 0 aliphatic heterocycles. The van der Waals surface area contributed by atoms with Gasteiger partial charge in [0.05, 0.1) is 17.8 Å². The molecule has 0 radical (unpaired) electrons. The number of aromatic nitrogens is 1. The van der Waals surface area contributed by atoms with Gasteiger partial charge in [-0.15, -0.1) is 0 Å². The molecule has 0 aliphatic carbocycles. The third-order valence-electron chi connectivity index (χ3n) is 2.96. The number of aryl methyl sites for hydroxylation is 2. The predicted octanol–water partition coefficient (Wildman–Crippen LogP) is 3.43. The van der Waals surface area contributed by atoms with Crippen molar-refractivity contribution in [3.05, 3.63) is 35.0 Å². The molecule has 96 valence electrons. The SMILES string of the molecule is CCNc1cc(COC)nc2c(C)cc(C)cc12. The largest absolute Gasteiger partial charge is 0.385 e. The molecule has 0 amide bonds. The fraction of sp³-hybridized carbons (Fsp3) is 0.400. The molecule has 2 aromatic rings. The molecule has 0 spiro atoms. The molecule has 0 bridgehead atoms. The summed E-state index contributed by atoms with van der Waals surface area (Å²) in [5.74, 6) is 0. The van der Waals surface area contributed by atoms with Crippen LogP contribution in [0.25, 0.3) is 10.9 Å². The molecule has 1 aromatic heterocycles. The Kier molecular flexibility index (Phi) is 3.82. The lowest BCUT2D eigenvalue weighted by Crippen LogP contribution is -2.02. The lowest BCUT2D eigenvalue weighted by Gasteiger charge is -2.12. The fourth-order valence-electron chi connectivity index (χ4n) is 2.29. The number of hydrogen-bond acceptors (Lipinski definition) is 3. The summed E-state index contributed by atoms with van der Waals surface area (Å²) >= 11 is 0. The molecule has 0 saturated carbocycles. The first kappa shape index (κ1) is 12.8. The van der Waals surface area contributed by atoms with Crippen molar-refractivity contribution < 1.29 is 4.74 Å². The van der Waals surface area contributed by atoms with Crippen LogP contribution in [-0.4, -0.2) is 18.6 Å². The van der Waals surface area contributed by atoms with E-state index in [4.69, 9.17) is 4.74 Å². The average molecular weight is 244 g/mol. The Morgan fingerprint density at radius 1 is 1.22 bits per heavy atom. The number of nitrogens with one attached hydrogen (secondary N) is 1. The smallest absolute Gasteiger partial charge is 0.0885 e. The normalized spacial score (nSPS) is 10.9. The van der Waals surface area contributed by atoms with Crippen molar-refractivity contribution in [2.45, 2.75) is 27.4 Å². The van der Waals surface area contributed by atoms with E-state index >= 15 is 0 Å². The van der Waals surface area contributed by atoms with Crippen LogP contribution in [0.15, 0.2) is 18.2 Å². The third kappa shape index (κ3) is 2.46. The van der Waals surface area contributed by atoms with Crippen LogP contribution in [0, 0.1) is 13.8 Å². The second kappa shape index (κ2) is 5.36. The van der Waals surface area contributed by atoms with Crippen LogP contribution in [0.1, 0.15) is 23.7 Å². The summed E-state index contributed by atoms with van der Waals surface area (Å²) in [6.07, 6.45) is 0. The van der Waals surface area contributed by atoms with Crippen LogP contribution in [0.5, 0.6) is 0 Å². The van der Waals surface area contributed by atoms with E-state index in [1.165, 1.54) is 16.5 Å². The van der Waals surface area contributed by atoms with Crippen molar-refractivity contribution in [3.8, 4) is 0 Å². The lowest BCUT2D eigenvalue weighted by atomic mass is 10.0. The van der Waals surface area contributed by atoms with Crippen LogP contribution >= 0.6 is 0 Å². The molecule has 0 atom stereocenters. The van der Waals surface area contributed by atoms with Crippen molar-refractivity contribution in [1.82, 2.24) is 4.98 Å². The Morgan fingerprint density at radius 3 is 2.67 bits per heavy atom. The average Bonchev–Trinajstić information content (AvgIpc) is 2.31.